The Morgan fingerprint density at radius 2 is 1.82 bits per heavy atom. The first-order valence-electron chi connectivity index (χ1n) is 9.24. The van der Waals surface area contributed by atoms with Crippen molar-refractivity contribution < 1.29 is 9.59 Å². The van der Waals surface area contributed by atoms with Crippen molar-refractivity contribution >= 4 is 45.3 Å². The Kier molecular flexibility index (Phi) is 8.68. The minimum atomic E-state index is -0.782. The molecule has 2 aromatic carbocycles. The molecule has 2 amide bonds. The van der Waals surface area contributed by atoms with E-state index in [4.69, 9.17) is 0 Å². The minimum Gasteiger partial charge on any atom is -0.355 e. The van der Waals surface area contributed by atoms with E-state index >= 15 is 0 Å². The number of anilines is 2. The van der Waals surface area contributed by atoms with Crippen molar-refractivity contribution in [3.8, 4) is 0 Å². The highest BCUT2D eigenvalue weighted by Gasteiger charge is 2.11. The Hall–Kier alpha value is -2.67. The largest absolute Gasteiger partial charge is 0.355 e. The fraction of sp³-hybridized carbons (Fsp3) is 0.286. The number of carbonyl (C=O) groups is 2. The van der Waals surface area contributed by atoms with Crippen molar-refractivity contribution in [1.29, 1.82) is 0 Å². The van der Waals surface area contributed by atoms with Crippen molar-refractivity contribution in [3.05, 3.63) is 58.1 Å². The number of nitrogens with one attached hydrogen (secondary N) is 3. The Bertz CT molecular complexity index is 835. The molecule has 0 saturated carbocycles. The molecular formula is C21H25BrN4O2. The van der Waals surface area contributed by atoms with Crippen molar-refractivity contribution in [3.63, 3.8) is 0 Å². The third-order valence-electron chi connectivity index (χ3n) is 3.99. The number of nitrogens with zero attached hydrogens (tertiary/aromatic N) is 1. The van der Waals surface area contributed by atoms with Gasteiger partial charge in [-0.05, 0) is 43.7 Å². The molecule has 0 aliphatic carbocycles. The van der Waals surface area contributed by atoms with Gasteiger partial charge in [-0.1, -0.05) is 53.4 Å². The Morgan fingerprint density at radius 3 is 2.54 bits per heavy atom. The van der Waals surface area contributed by atoms with Gasteiger partial charge in [-0.3, -0.25) is 9.59 Å². The molecule has 2 rings (SSSR count). The Labute approximate surface area is 173 Å². The van der Waals surface area contributed by atoms with Gasteiger partial charge in [-0.2, -0.15) is 5.10 Å². The van der Waals surface area contributed by atoms with Crippen molar-refractivity contribution in [2.24, 2.45) is 5.10 Å². The lowest BCUT2D eigenvalue weighted by molar-refractivity contribution is -0.139. The molecule has 0 radical (unpaired) electrons. The number of benzene rings is 2. The second-order valence-corrected chi connectivity index (χ2v) is 7.30. The van der Waals surface area contributed by atoms with E-state index in [1.807, 2.05) is 49.4 Å². The van der Waals surface area contributed by atoms with E-state index < -0.39 is 11.8 Å². The summed E-state index contributed by atoms with van der Waals surface area (Å²) in [4.78, 5) is 23.5. The highest BCUT2D eigenvalue weighted by atomic mass is 79.9. The zero-order valence-electron chi connectivity index (χ0n) is 16.1. The molecule has 0 fully saturated rings. The Balaban J connectivity index is 1.98. The van der Waals surface area contributed by atoms with E-state index in [0.717, 1.165) is 40.7 Å². The van der Waals surface area contributed by atoms with Gasteiger partial charge in [0.15, 0.2) is 0 Å². The van der Waals surface area contributed by atoms with Gasteiger partial charge in [0.2, 0.25) is 0 Å². The standard InChI is InChI=1S/C21H25BrN4O2/c1-3-4-5-12-23-20(27)21(28)26-24-14-16-13-17(22)8-11-19(16)25-18-9-6-15(2)7-10-18/h6-11,13-14,25H,3-5,12H2,1-2H3,(H,23,27)(H,26,28)/b24-14-. The van der Waals surface area contributed by atoms with Gasteiger partial charge in [0.05, 0.1) is 6.21 Å². The molecule has 28 heavy (non-hydrogen) atoms. The summed E-state index contributed by atoms with van der Waals surface area (Å²) < 4.78 is 0.878. The molecule has 0 bridgehead atoms. The fourth-order valence-electron chi connectivity index (χ4n) is 2.42. The summed E-state index contributed by atoms with van der Waals surface area (Å²) in [5.74, 6) is -1.46. The summed E-state index contributed by atoms with van der Waals surface area (Å²) in [7, 11) is 0. The van der Waals surface area contributed by atoms with Gasteiger partial charge in [-0.25, -0.2) is 5.43 Å². The fourth-order valence-corrected chi connectivity index (χ4v) is 2.79. The van der Waals surface area contributed by atoms with Crippen LogP contribution in [0.4, 0.5) is 11.4 Å². The molecule has 148 valence electrons. The molecule has 0 heterocycles. The number of halogens is 1. The number of carbonyl (C=O) groups excluding carboxylic acids is 2. The van der Waals surface area contributed by atoms with Crippen molar-refractivity contribution in [1.82, 2.24) is 10.7 Å². The summed E-state index contributed by atoms with van der Waals surface area (Å²) in [5.41, 5.74) is 5.98. The maximum atomic E-state index is 11.8. The van der Waals surface area contributed by atoms with Crippen LogP contribution < -0.4 is 16.1 Å². The lowest BCUT2D eigenvalue weighted by Crippen LogP contribution is -2.38. The first-order chi connectivity index (χ1) is 13.5. The number of hydrazone groups is 1. The second-order valence-electron chi connectivity index (χ2n) is 6.38. The molecule has 0 saturated heterocycles. The summed E-state index contributed by atoms with van der Waals surface area (Å²) >= 11 is 3.44. The van der Waals surface area contributed by atoms with Gasteiger partial charge in [-0.15, -0.1) is 0 Å². The zero-order valence-corrected chi connectivity index (χ0v) is 17.7. The van der Waals surface area contributed by atoms with Crippen molar-refractivity contribution in [2.45, 2.75) is 33.1 Å². The average Bonchev–Trinajstić information content (AvgIpc) is 2.68. The van der Waals surface area contributed by atoms with E-state index in [0.29, 0.717) is 6.54 Å². The van der Waals surface area contributed by atoms with Crippen LogP contribution in [-0.2, 0) is 9.59 Å². The normalized spacial score (nSPS) is 10.7. The zero-order chi connectivity index (χ0) is 20.4. The third kappa shape index (κ3) is 7.15. The Morgan fingerprint density at radius 1 is 1.07 bits per heavy atom. The number of unbranched alkanes of at least 4 members (excludes halogenated alkanes) is 2. The van der Waals surface area contributed by atoms with Gasteiger partial charge in [0, 0.05) is 28.0 Å². The van der Waals surface area contributed by atoms with E-state index in [2.05, 4.69) is 44.0 Å². The van der Waals surface area contributed by atoms with Gasteiger partial charge >= 0.3 is 11.8 Å². The summed E-state index contributed by atoms with van der Waals surface area (Å²) in [6.07, 6.45) is 4.42. The average molecular weight is 445 g/mol. The predicted octanol–water partition coefficient (Wildman–Crippen LogP) is 4.26. The highest BCUT2D eigenvalue weighted by molar-refractivity contribution is 9.10. The molecule has 0 atom stereocenters. The molecule has 3 N–H and O–H groups in total. The number of hydrogen-bond acceptors (Lipinski definition) is 4. The maximum Gasteiger partial charge on any atom is 0.329 e. The van der Waals surface area contributed by atoms with E-state index in [-0.39, 0.29) is 0 Å². The predicted molar refractivity (Wildman–Crippen MR) is 117 cm³/mol. The minimum absolute atomic E-state index is 0.486. The maximum absolute atomic E-state index is 11.8. The number of rotatable bonds is 8. The van der Waals surface area contributed by atoms with Gasteiger partial charge < -0.3 is 10.6 Å². The molecule has 6 nitrogen and oxygen atoms in total. The van der Waals surface area contributed by atoms with Crippen LogP contribution in [0.2, 0.25) is 0 Å². The third-order valence-corrected chi connectivity index (χ3v) is 4.48. The number of aryl methyl sites for hydroxylation is 1. The van der Waals surface area contributed by atoms with Gasteiger partial charge in [0.1, 0.15) is 0 Å². The number of amides is 2. The van der Waals surface area contributed by atoms with Crippen LogP contribution >= 0.6 is 15.9 Å². The summed E-state index contributed by atoms with van der Waals surface area (Å²) in [6.45, 7) is 4.59. The van der Waals surface area contributed by atoms with Crippen LogP contribution in [0.15, 0.2) is 52.0 Å². The lowest BCUT2D eigenvalue weighted by atomic mass is 10.1. The highest BCUT2D eigenvalue weighted by Crippen LogP contribution is 2.23. The molecule has 2 aromatic rings. The topological polar surface area (TPSA) is 82.6 Å². The molecule has 0 spiro atoms. The van der Waals surface area contributed by atoms with Crippen LogP contribution in [0.1, 0.15) is 37.3 Å². The quantitative estimate of drug-likeness (QED) is 0.246. The summed E-state index contributed by atoms with van der Waals surface area (Å²) in [6, 6.07) is 13.7. The molecule has 7 heteroatoms. The van der Waals surface area contributed by atoms with Crippen LogP contribution in [0, 0.1) is 6.92 Å². The second kappa shape index (κ2) is 11.2. The molecule has 0 aliphatic rings. The number of hydrogen-bond donors (Lipinski definition) is 3. The van der Waals surface area contributed by atoms with E-state index in [1.165, 1.54) is 11.8 Å². The van der Waals surface area contributed by atoms with Gasteiger partial charge in [0.25, 0.3) is 0 Å². The van der Waals surface area contributed by atoms with E-state index in [1.54, 1.807) is 0 Å². The first-order valence-corrected chi connectivity index (χ1v) is 10.0. The first kappa shape index (κ1) is 21.6. The summed E-state index contributed by atoms with van der Waals surface area (Å²) in [5, 5.41) is 9.82. The molecular weight excluding hydrogens is 420 g/mol. The van der Waals surface area contributed by atoms with Crippen LogP contribution in [0.5, 0.6) is 0 Å². The lowest BCUT2D eigenvalue weighted by Gasteiger charge is -2.10. The SMILES string of the molecule is CCCCCNC(=O)C(=O)N/N=C\c1cc(Br)ccc1Nc1ccc(C)cc1. The van der Waals surface area contributed by atoms with E-state index in [9.17, 15) is 9.59 Å². The van der Waals surface area contributed by atoms with Crippen molar-refractivity contribution in [2.75, 3.05) is 11.9 Å². The van der Waals surface area contributed by atoms with Crippen LogP contribution in [-0.4, -0.2) is 24.6 Å². The molecule has 0 aromatic heterocycles. The van der Waals surface area contributed by atoms with Crippen LogP contribution in [0.3, 0.4) is 0 Å². The molecule has 0 aliphatic heterocycles. The molecule has 0 unspecified atom stereocenters. The van der Waals surface area contributed by atoms with Crippen LogP contribution in [0.25, 0.3) is 0 Å². The smallest absolute Gasteiger partial charge is 0.329 e. The monoisotopic (exact) mass is 444 g/mol.